The number of nitriles is 1. The molecule has 3 rings (SSSR count). The van der Waals surface area contributed by atoms with Crippen molar-refractivity contribution < 1.29 is 4.74 Å². The number of hydrogen-bond acceptors (Lipinski definition) is 7. The molecular formula is C20H19ClN6O. The third kappa shape index (κ3) is 3.55. The first kappa shape index (κ1) is 19.4. The van der Waals surface area contributed by atoms with Gasteiger partial charge in [0, 0.05) is 34.1 Å². The molecule has 3 N–H and O–H groups in total. The Labute approximate surface area is 168 Å². The number of pyridine rings is 1. The lowest BCUT2D eigenvalue weighted by Gasteiger charge is -2.23. The molecule has 7 nitrogen and oxygen atoms in total. The van der Waals surface area contributed by atoms with Gasteiger partial charge >= 0.3 is 0 Å². The quantitative estimate of drug-likeness (QED) is 0.669. The number of aromatic nitrogens is 3. The summed E-state index contributed by atoms with van der Waals surface area (Å²) in [7, 11) is 1.61. The second-order valence-electron chi connectivity index (χ2n) is 6.18. The molecule has 28 heavy (non-hydrogen) atoms. The van der Waals surface area contributed by atoms with Crippen LogP contribution in [0, 0.1) is 18.3 Å². The van der Waals surface area contributed by atoms with E-state index in [1.807, 2.05) is 38.1 Å². The molecule has 0 radical (unpaired) electrons. The van der Waals surface area contributed by atoms with Crippen LogP contribution in [0.5, 0.6) is 5.75 Å². The predicted octanol–water partition coefficient (Wildman–Crippen LogP) is 4.14. The number of nitrogens with zero attached hydrogens (tertiary/aromatic N) is 4. The molecule has 142 valence electrons. The maximum Gasteiger partial charge on any atom is 0.150 e. The van der Waals surface area contributed by atoms with Gasteiger partial charge in [0.1, 0.15) is 35.3 Å². The van der Waals surface area contributed by atoms with Gasteiger partial charge in [-0.25, -0.2) is 9.97 Å². The number of ether oxygens (including phenoxy) is 1. The number of halogens is 1. The van der Waals surface area contributed by atoms with Crippen molar-refractivity contribution in [3.63, 3.8) is 0 Å². The van der Waals surface area contributed by atoms with Crippen LogP contribution in [0.4, 0.5) is 11.6 Å². The fourth-order valence-corrected chi connectivity index (χ4v) is 3.26. The molecule has 1 unspecified atom stereocenters. The summed E-state index contributed by atoms with van der Waals surface area (Å²) in [6.07, 6.45) is 4.79. The van der Waals surface area contributed by atoms with E-state index >= 15 is 0 Å². The lowest BCUT2D eigenvalue weighted by Crippen LogP contribution is -2.13. The van der Waals surface area contributed by atoms with E-state index in [9.17, 15) is 5.26 Å². The topological polar surface area (TPSA) is 110 Å². The number of nitrogens with two attached hydrogens (primary N) is 1. The Morgan fingerprint density at radius 2 is 2.14 bits per heavy atom. The molecule has 1 aromatic carbocycles. The minimum absolute atomic E-state index is 0.122. The summed E-state index contributed by atoms with van der Waals surface area (Å²) in [5.41, 5.74) is 9.46. The number of methoxy groups -OCH3 is 1. The second kappa shape index (κ2) is 8.11. The molecule has 0 spiro atoms. The van der Waals surface area contributed by atoms with E-state index in [2.05, 4.69) is 20.3 Å². The smallest absolute Gasteiger partial charge is 0.150 e. The van der Waals surface area contributed by atoms with Gasteiger partial charge in [-0.2, -0.15) is 5.26 Å². The molecule has 0 aliphatic heterocycles. The van der Waals surface area contributed by atoms with Crippen molar-refractivity contribution in [3.05, 3.63) is 58.6 Å². The van der Waals surface area contributed by atoms with Gasteiger partial charge in [-0.15, -0.1) is 0 Å². The second-order valence-corrected chi connectivity index (χ2v) is 6.59. The van der Waals surface area contributed by atoms with Crippen molar-refractivity contribution in [3.8, 4) is 22.9 Å². The average Bonchev–Trinajstić information content (AvgIpc) is 2.70. The molecule has 0 bridgehead atoms. The van der Waals surface area contributed by atoms with E-state index in [1.54, 1.807) is 19.5 Å². The van der Waals surface area contributed by atoms with E-state index in [-0.39, 0.29) is 17.4 Å². The first-order valence-electron chi connectivity index (χ1n) is 8.52. The Hall–Kier alpha value is -3.37. The van der Waals surface area contributed by atoms with Gasteiger partial charge in [-0.05, 0) is 31.5 Å². The Bertz CT molecular complexity index is 1050. The average molecular weight is 395 g/mol. The highest BCUT2D eigenvalue weighted by Crippen LogP contribution is 2.42. The van der Waals surface area contributed by atoms with Gasteiger partial charge in [-0.1, -0.05) is 17.7 Å². The Morgan fingerprint density at radius 1 is 1.36 bits per heavy atom. The van der Waals surface area contributed by atoms with Crippen LogP contribution in [-0.2, 0) is 0 Å². The van der Waals surface area contributed by atoms with Gasteiger partial charge in [0.25, 0.3) is 0 Å². The van der Waals surface area contributed by atoms with Gasteiger partial charge < -0.3 is 15.8 Å². The summed E-state index contributed by atoms with van der Waals surface area (Å²) in [5.74, 6) is 1.15. The molecule has 2 aromatic heterocycles. The summed E-state index contributed by atoms with van der Waals surface area (Å²) < 4.78 is 5.76. The first-order chi connectivity index (χ1) is 13.5. The molecule has 3 aromatic rings. The highest BCUT2D eigenvalue weighted by Gasteiger charge is 2.22. The van der Waals surface area contributed by atoms with Crippen LogP contribution in [0.2, 0.25) is 5.02 Å². The van der Waals surface area contributed by atoms with Crippen molar-refractivity contribution >= 4 is 23.2 Å². The summed E-state index contributed by atoms with van der Waals surface area (Å²) in [4.78, 5) is 12.2. The Balaban J connectivity index is 2.11. The van der Waals surface area contributed by atoms with E-state index in [0.29, 0.717) is 16.6 Å². The van der Waals surface area contributed by atoms with Crippen LogP contribution in [0.25, 0.3) is 11.1 Å². The largest absolute Gasteiger partial charge is 0.496 e. The van der Waals surface area contributed by atoms with Crippen molar-refractivity contribution in [2.24, 2.45) is 0 Å². The highest BCUT2D eigenvalue weighted by molar-refractivity contribution is 6.32. The number of nitrogens with one attached hydrogen (secondary N) is 1. The van der Waals surface area contributed by atoms with Gasteiger partial charge in [-0.3, -0.25) is 4.98 Å². The summed E-state index contributed by atoms with van der Waals surface area (Å²) in [6.45, 7) is 3.87. The van der Waals surface area contributed by atoms with Crippen LogP contribution in [0.1, 0.15) is 29.7 Å². The molecule has 0 fully saturated rings. The molecule has 0 amide bonds. The molecule has 1 atom stereocenters. The van der Waals surface area contributed by atoms with E-state index in [4.69, 9.17) is 22.1 Å². The zero-order valence-electron chi connectivity index (χ0n) is 15.7. The van der Waals surface area contributed by atoms with Crippen molar-refractivity contribution in [1.29, 1.82) is 5.26 Å². The summed E-state index contributed by atoms with van der Waals surface area (Å²) in [6, 6.07) is 7.42. The monoisotopic (exact) mass is 394 g/mol. The molecule has 8 heteroatoms. The first-order valence-corrected chi connectivity index (χ1v) is 8.90. The van der Waals surface area contributed by atoms with Crippen LogP contribution in [-0.4, -0.2) is 22.1 Å². The Morgan fingerprint density at radius 3 is 2.79 bits per heavy atom. The molecular weight excluding hydrogens is 376 g/mol. The number of benzene rings is 1. The van der Waals surface area contributed by atoms with Crippen molar-refractivity contribution in [2.75, 3.05) is 18.2 Å². The van der Waals surface area contributed by atoms with Gasteiger partial charge in [0.15, 0.2) is 0 Å². The maximum atomic E-state index is 9.35. The van der Waals surface area contributed by atoms with Crippen molar-refractivity contribution in [1.82, 2.24) is 15.0 Å². The summed E-state index contributed by atoms with van der Waals surface area (Å²) in [5, 5.41) is 13.2. The van der Waals surface area contributed by atoms with Crippen LogP contribution >= 0.6 is 11.6 Å². The lowest BCUT2D eigenvalue weighted by molar-refractivity contribution is 0.409. The fraction of sp³-hybridized carbons (Fsp3) is 0.200. The number of hydrogen-bond donors (Lipinski definition) is 2. The third-order valence-corrected chi connectivity index (χ3v) is 4.86. The van der Waals surface area contributed by atoms with Gasteiger partial charge in [0.05, 0.1) is 13.2 Å². The standard InChI is InChI=1S/C20H19ClN6O/c1-11-16(21)7-14(18(28-3)17(11)13-5-4-6-24-9-13)12(2)27-20-15(8-22)19(23)25-10-26-20/h4-7,9-10,12H,1-3H3,(H3,23,25,26,27). The molecule has 0 saturated carbocycles. The predicted molar refractivity (Wildman–Crippen MR) is 109 cm³/mol. The van der Waals surface area contributed by atoms with Crippen LogP contribution in [0.15, 0.2) is 36.9 Å². The zero-order valence-corrected chi connectivity index (χ0v) is 16.4. The minimum Gasteiger partial charge on any atom is -0.496 e. The highest BCUT2D eigenvalue weighted by atomic mass is 35.5. The van der Waals surface area contributed by atoms with E-state index in [1.165, 1.54) is 6.33 Å². The van der Waals surface area contributed by atoms with Crippen LogP contribution < -0.4 is 15.8 Å². The number of nitrogen functional groups attached to an aromatic ring is 1. The molecule has 0 aliphatic carbocycles. The lowest BCUT2D eigenvalue weighted by atomic mass is 9.94. The van der Waals surface area contributed by atoms with Crippen LogP contribution in [0.3, 0.4) is 0 Å². The van der Waals surface area contributed by atoms with Gasteiger partial charge in [0.2, 0.25) is 0 Å². The fourth-order valence-electron chi connectivity index (χ4n) is 3.05. The maximum absolute atomic E-state index is 9.35. The SMILES string of the molecule is COc1c(C(C)Nc2ncnc(N)c2C#N)cc(Cl)c(C)c1-c1cccnc1. The minimum atomic E-state index is -0.273. The molecule has 2 heterocycles. The van der Waals surface area contributed by atoms with E-state index < -0.39 is 0 Å². The molecule has 0 aliphatic rings. The Kier molecular flexibility index (Phi) is 5.62. The zero-order chi connectivity index (χ0) is 20.3. The number of anilines is 2. The number of rotatable bonds is 5. The normalized spacial score (nSPS) is 11.5. The van der Waals surface area contributed by atoms with E-state index in [0.717, 1.165) is 22.3 Å². The third-order valence-electron chi connectivity index (χ3n) is 4.47. The molecule has 0 saturated heterocycles. The van der Waals surface area contributed by atoms with Crippen molar-refractivity contribution in [2.45, 2.75) is 19.9 Å². The summed E-state index contributed by atoms with van der Waals surface area (Å²) >= 11 is 6.53.